The topological polar surface area (TPSA) is 214 Å². The molecule has 1 saturated heterocycles. The molecule has 2 atom stereocenters. The van der Waals surface area contributed by atoms with Crippen LogP contribution in [0.2, 0.25) is 0 Å². The van der Waals surface area contributed by atoms with Crippen molar-refractivity contribution in [2.45, 2.75) is 75.7 Å². The first kappa shape index (κ1) is 38.6. The van der Waals surface area contributed by atoms with Gasteiger partial charge in [-0.15, -0.1) is 0 Å². The minimum atomic E-state index is -4.16. The Hall–Kier alpha value is -3.54. The molecule has 0 bridgehead atoms. The maximum Gasteiger partial charge on any atom is 0.397 e. The summed E-state index contributed by atoms with van der Waals surface area (Å²) in [5.74, 6) is -1.07. The quantitative estimate of drug-likeness (QED) is 0.0818. The van der Waals surface area contributed by atoms with Crippen LogP contribution < -0.4 is 10.6 Å². The summed E-state index contributed by atoms with van der Waals surface area (Å²) in [5, 5.41) is 14.0. The fourth-order valence-corrected chi connectivity index (χ4v) is 5.71. The van der Waals surface area contributed by atoms with Crippen molar-refractivity contribution in [3.8, 4) is 0 Å². The van der Waals surface area contributed by atoms with Gasteiger partial charge < -0.3 is 25.0 Å². The van der Waals surface area contributed by atoms with Gasteiger partial charge in [0, 0.05) is 43.7 Å². The molecule has 0 aromatic heterocycles. The van der Waals surface area contributed by atoms with Crippen molar-refractivity contribution >= 4 is 56.9 Å². The molecule has 46 heavy (non-hydrogen) atoms. The van der Waals surface area contributed by atoms with Crippen LogP contribution in [0, 0.1) is 5.41 Å². The Bertz CT molecular complexity index is 1350. The van der Waals surface area contributed by atoms with Crippen LogP contribution in [-0.2, 0) is 38.4 Å². The van der Waals surface area contributed by atoms with E-state index in [-0.39, 0.29) is 42.8 Å². The van der Waals surface area contributed by atoms with Crippen molar-refractivity contribution < 1.29 is 45.8 Å². The zero-order chi connectivity index (χ0) is 34.3. The highest BCUT2D eigenvalue weighted by molar-refractivity contribution is 8.15. The van der Waals surface area contributed by atoms with Gasteiger partial charge in [-0.2, -0.15) is 13.4 Å². The number of amidine groups is 2. The third kappa shape index (κ3) is 13.4. The van der Waals surface area contributed by atoms with Crippen molar-refractivity contribution in [3.63, 3.8) is 0 Å². The van der Waals surface area contributed by atoms with Gasteiger partial charge in [0.15, 0.2) is 5.17 Å². The molecule has 2 aliphatic rings. The van der Waals surface area contributed by atoms with E-state index >= 15 is 0 Å². The van der Waals surface area contributed by atoms with E-state index in [1.54, 1.807) is 36.2 Å². The molecule has 1 aromatic carbocycles. The normalized spacial score (nSPS) is 19.1. The van der Waals surface area contributed by atoms with E-state index in [0.29, 0.717) is 35.7 Å². The Balaban J connectivity index is 0.00000112. The van der Waals surface area contributed by atoms with E-state index in [9.17, 15) is 27.6 Å². The smallest absolute Gasteiger partial charge is 0.397 e. The summed E-state index contributed by atoms with van der Waals surface area (Å²) in [6, 6.07) is 6.37. The van der Waals surface area contributed by atoms with E-state index < -0.39 is 27.5 Å². The van der Waals surface area contributed by atoms with Gasteiger partial charge in [0.1, 0.15) is 17.2 Å². The number of thioether (sulfide) groups is 1. The number of aliphatic imine (C=N–C) groups is 1. The fourth-order valence-electron chi connectivity index (χ4n) is 4.45. The number of hydrogen-bond donors (Lipinski definition) is 4. The Labute approximate surface area is 273 Å². The van der Waals surface area contributed by atoms with Crippen LogP contribution in [0.3, 0.4) is 0 Å². The maximum atomic E-state index is 12.8. The number of amides is 2. The summed E-state index contributed by atoms with van der Waals surface area (Å²) in [4.78, 5) is 54.7. The van der Waals surface area contributed by atoms with Crippen LogP contribution in [0.15, 0.2) is 29.3 Å². The summed E-state index contributed by atoms with van der Waals surface area (Å²) in [5.41, 5.74) is 0.973. The average Bonchev–Trinajstić information content (AvgIpc) is 3.31. The van der Waals surface area contributed by atoms with Gasteiger partial charge in [0.2, 0.25) is 5.91 Å². The highest BCUT2D eigenvalue weighted by Crippen LogP contribution is 2.31. The average molecular weight is 686 g/mol. The summed E-state index contributed by atoms with van der Waals surface area (Å²) >= 11 is 1.20. The third-order valence-corrected chi connectivity index (χ3v) is 9.11. The van der Waals surface area contributed by atoms with E-state index in [1.807, 2.05) is 6.92 Å². The van der Waals surface area contributed by atoms with Crippen molar-refractivity contribution in [2.24, 2.45) is 4.99 Å². The molecule has 0 radical (unpaired) electrons. The molecular weight excluding hydrogens is 642 g/mol. The van der Waals surface area contributed by atoms with Crippen LogP contribution >= 0.6 is 11.8 Å². The highest BCUT2D eigenvalue weighted by Gasteiger charge is 2.39. The van der Waals surface area contributed by atoms with Crippen LogP contribution in [0.5, 0.6) is 0 Å². The van der Waals surface area contributed by atoms with Crippen LogP contribution in [-0.4, -0.2) is 104 Å². The molecule has 0 spiro atoms. The number of nitrogens with zero attached hydrogens (tertiary/aromatic N) is 2. The maximum absolute atomic E-state index is 12.8. The van der Waals surface area contributed by atoms with Crippen molar-refractivity contribution in [1.29, 1.82) is 5.41 Å². The Morgan fingerprint density at radius 1 is 1.00 bits per heavy atom. The van der Waals surface area contributed by atoms with Gasteiger partial charge in [-0.3, -0.25) is 33.3 Å². The van der Waals surface area contributed by atoms with Crippen molar-refractivity contribution in [3.05, 3.63) is 35.4 Å². The monoisotopic (exact) mass is 685 g/mol. The molecular formula is C29H43N5O10S2. The van der Waals surface area contributed by atoms with E-state index in [0.717, 1.165) is 32.8 Å². The number of benzene rings is 1. The number of esters is 2. The molecule has 256 valence electrons. The lowest BCUT2D eigenvalue weighted by molar-refractivity contribution is -0.150. The first-order valence-electron chi connectivity index (χ1n) is 14.8. The number of carbonyl (C=O) groups excluding carboxylic acids is 4. The number of nitrogens with one attached hydrogen (secondary N) is 3. The molecule has 2 fully saturated rings. The summed E-state index contributed by atoms with van der Waals surface area (Å²) in [6.07, 6.45) is 6.36. The first-order chi connectivity index (χ1) is 21.7. The van der Waals surface area contributed by atoms with Crippen LogP contribution in [0.25, 0.3) is 0 Å². The number of methoxy groups -OCH3 is 1. The summed E-state index contributed by atoms with van der Waals surface area (Å²) in [6.45, 7) is 2.51. The van der Waals surface area contributed by atoms with Crippen molar-refractivity contribution in [1.82, 2.24) is 15.5 Å². The minimum absolute atomic E-state index is 0.0557. The number of hydrogen-bond acceptors (Lipinski definition) is 11. The lowest BCUT2D eigenvalue weighted by Crippen LogP contribution is -2.41. The van der Waals surface area contributed by atoms with Gasteiger partial charge in [0.05, 0.1) is 20.6 Å². The second kappa shape index (κ2) is 19.2. The SMILES string of the molecule is COC(=O)CCNC(=O)C1SC(=NC(=O)c2ccc(C(=N)NCCCC(=O)OC3CCCCC3)cc2)N(C)C1C.COS(=O)(=O)O. The molecule has 2 unspecified atom stereocenters. The molecule has 17 heteroatoms. The fraction of sp³-hybridized carbons (Fsp3) is 0.586. The number of carbonyl (C=O) groups is 4. The standard InChI is InChI=1S/C28H39N5O6S.CH4O4S/c1-18-24(27(37)31-17-15-22(34)38-3)40-28(33(18)2)32-26(36)20-13-11-19(12-14-20)25(29)30-16-7-10-23(35)39-21-8-5-4-6-9-21;1-5-6(2,3)4/h11-14,18,21,24H,4-10,15-17H2,1-3H3,(H2,29,30)(H,31,37);1H3,(H,2,3,4). The Morgan fingerprint density at radius 2 is 1.61 bits per heavy atom. The molecule has 1 heterocycles. The number of ether oxygens (including phenoxy) is 2. The van der Waals surface area contributed by atoms with Gasteiger partial charge >= 0.3 is 22.3 Å². The second-order valence-electron chi connectivity index (χ2n) is 10.5. The summed E-state index contributed by atoms with van der Waals surface area (Å²) < 4.78 is 39.8. The third-order valence-electron chi connectivity index (χ3n) is 7.24. The molecule has 1 aromatic rings. The first-order valence-corrected chi connectivity index (χ1v) is 17.0. The zero-order valence-electron chi connectivity index (χ0n) is 26.4. The molecule has 1 aliphatic heterocycles. The van der Waals surface area contributed by atoms with Gasteiger partial charge in [-0.05, 0) is 51.2 Å². The highest BCUT2D eigenvalue weighted by atomic mass is 32.3. The molecule has 3 rings (SSSR count). The molecule has 4 N–H and O–H groups in total. The van der Waals surface area contributed by atoms with Crippen LogP contribution in [0.4, 0.5) is 0 Å². The predicted molar refractivity (Wildman–Crippen MR) is 172 cm³/mol. The van der Waals surface area contributed by atoms with Crippen molar-refractivity contribution in [2.75, 3.05) is 34.4 Å². The Kier molecular flexibility index (Phi) is 16.1. The molecule has 1 aliphatic carbocycles. The molecule has 2 amide bonds. The largest absolute Gasteiger partial charge is 0.469 e. The second-order valence-corrected chi connectivity index (χ2v) is 12.8. The Morgan fingerprint density at radius 3 is 2.20 bits per heavy atom. The van der Waals surface area contributed by atoms with E-state index in [1.165, 1.54) is 25.3 Å². The van der Waals surface area contributed by atoms with Gasteiger partial charge in [-0.1, -0.05) is 30.3 Å². The van der Waals surface area contributed by atoms with E-state index in [2.05, 4.69) is 24.5 Å². The zero-order valence-corrected chi connectivity index (χ0v) is 28.1. The molecule has 1 saturated carbocycles. The lowest BCUT2D eigenvalue weighted by atomic mass is 9.98. The lowest BCUT2D eigenvalue weighted by Gasteiger charge is -2.21. The van der Waals surface area contributed by atoms with Gasteiger partial charge in [0.25, 0.3) is 5.91 Å². The van der Waals surface area contributed by atoms with Crippen LogP contribution in [0.1, 0.15) is 74.2 Å². The predicted octanol–water partition coefficient (Wildman–Crippen LogP) is 2.30. The summed E-state index contributed by atoms with van der Waals surface area (Å²) in [7, 11) is -0.222. The van der Waals surface area contributed by atoms with Gasteiger partial charge in [-0.25, -0.2) is 0 Å². The number of rotatable bonds is 12. The van der Waals surface area contributed by atoms with E-state index in [4.69, 9.17) is 14.7 Å². The minimum Gasteiger partial charge on any atom is -0.469 e. The molecule has 15 nitrogen and oxygen atoms in total.